The van der Waals surface area contributed by atoms with Gasteiger partial charge in [0.05, 0.1) is 6.61 Å². The van der Waals surface area contributed by atoms with Gasteiger partial charge in [-0.05, 0) is 32.2 Å². The summed E-state index contributed by atoms with van der Waals surface area (Å²) in [5.74, 6) is 0. The zero-order chi connectivity index (χ0) is 10.0. The van der Waals surface area contributed by atoms with Crippen LogP contribution in [-0.4, -0.2) is 42.8 Å². The Morgan fingerprint density at radius 2 is 2.36 bits per heavy atom. The molecular weight excluding hydrogens is 176 g/mol. The summed E-state index contributed by atoms with van der Waals surface area (Å²) in [7, 11) is 0. The summed E-state index contributed by atoms with van der Waals surface area (Å²) in [4.78, 5) is 2.58. The Bertz CT molecular complexity index is 184. The number of ether oxygens (including phenoxy) is 1. The van der Waals surface area contributed by atoms with Gasteiger partial charge in [-0.25, -0.2) is 0 Å². The first-order valence-electron chi connectivity index (χ1n) is 5.85. The van der Waals surface area contributed by atoms with Crippen molar-refractivity contribution in [1.82, 2.24) is 4.90 Å². The third kappa shape index (κ3) is 1.81. The van der Waals surface area contributed by atoms with E-state index in [1.54, 1.807) is 0 Å². The fraction of sp³-hybridized carbons (Fsp3) is 1.00. The third-order valence-electron chi connectivity index (χ3n) is 3.80. The van der Waals surface area contributed by atoms with Crippen LogP contribution in [0, 0.1) is 0 Å². The van der Waals surface area contributed by atoms with E-state index in [1.807, 2.05) is 0 Å². The largest absolute Gasteiger partial charge is 0.379 e. The second-order valence-electron chi connectivity index (χ2n) is 4.74. The molecule has 2 fully saturated rings. The molecule has 2 N–H and O–H groups in total. The molecule has 2 heterocycles. The van der Waals surface area contributed by atoms with Gasteiger partial charge in [0.1, 0.15) is 0 Å². The lowest BCUT2D eigenvalue weighted by atomic mass is 9.95. The van der Waals surface area contributed by atoms with Crippen LogP contribution in [-0.2, 0) is 4.74 Å². The molecule has 3 heteroatoms. The molecule has 2 rings (SSSR count). The Labute approximate surface area is 86.6 Å². The number of likely N-dealkylation sites (tertiary alicyclic amines) is 1. The predicted octanol–water partition coefficient (Wildman–Crippen LogP) is 0.979. The molecular formula is C11H22N2O. The highest BCUT2D eigenvalue weighted by Gasteiger charge is 2.43. The SMILES string of the molecule is CCC(N)CN1CCCC12CCOC2. The highest BCUT2D eigenvalue weighted by Crippen LogP contribution is 2.36. The van der Waals surface area contributed by atoms with Gasteiger partial charge in [-0.15, -0.1) is 0 Å². The van der Waals surface area contributed by atoms with E-state index in [2.05, 4.69) is 11.8 Å². The van der Waals surface area contributed by atoms with Crippen LogP contribution >= 0.6 is 0 Å². The summed E-state index contributed by atoms with van der Waals surface area (Å²) in [5.41, 5.74) is 6.39. The number of hydrogen-bond acceptors (Lipinski definition) is 3. The van der Waals surface area contributed by atoms with Crippen LogP contribution in [0.2, 0.25) is 0 Å². The van der Waals surface area contributed by atoms with E-state index in [-0.39, 0.29) is 0 Å². The molecule has 0 aromatic carbocycles. The van der Waals surface area contributed by atoms with Crippen LogP contribution in [0.1, 0.15) is 32.6 Å². The Morgan fingerprint density at radius 1 is 1.50 bits per heavy atom. The van der Waals surface area contributed by atoms with Gasteiger partial charge in [0.15, 0.2) is 0 Å². The number of rotatable bonds is 3. The Morgan fingerprint density at radius 3 is 3.00 bits per heavy atom. The summed E-state index contributed by atoms with van der Waals surface area (Å²) >= 11 is 0. The van der Waals surface area contributed by atoms with Crippen LogP contribution in [0.5, 0.6) is 0 Å². The first-order valence-corrected chi connectivity index (χ1v) is 5.85. The van der Waals surface area contributed by atoms with Gasteiger partial charge in [0, 0.05) is 24.7 Å². The first kappa shape index (κ1) is 10.4. The van der Waals surface area contributed by atoms with E-state index in [0.29, 0.717) is 11.6 Å². The van der Waals surface area contributed by atoms with Crippen molar-refractivity contribution in [3.8, 4) is 0 Å². The molecule has 2 aliphatic heterocycles. The Hall–Kier alpha value is -0.120. The maximum absolute atomic E-state index is 6.02. The average molecular weight is 198 g/mol. The molecule has 1 spiro atoms. The lowest BCUT2D eigenvalue weighted by Crippen LogP contribution is -2.49. The van der Waals surface area contributed by atoms with E-state index < -0.39 is 0 Å². The lowest BCUT2D eigenvalue weighted by Gasteiger charge is -2.35. The third-order valence-corrected chi connectivity index (χ3v) is 3.80. The fourth-order valence-electron chi connectivity index (χ4n) is 2.73. The number of hydrogen-bond donors (Lipinski definition) is 1. The number of nitrogens with zero attached hydrogens (tertiary/aromatic N) is 1. The first-order chi connectivity index (χ1) is 6.77. The van der Waals surface area contributed by atoms with Crippen molar-refractivity contribution < 1.29 is 4.74 Å². The quantitative estimate of drug-likeness (QED) is 0.734. The molecule has 0 radical (unpaired) electrons. The lowest BCUT2D eigenvalue weighted by molar-refractivity contribution is 0.0963. The van der Waals surface area contributed by atoms with E-state index in [9.17, 15) is 0 Å². The van der Waals surface area contributed by atoms with Gasteiger partial charge in [-0.3, -0.25) is 4.90 Å². The molecule has 14 heavy (non-hydrogen) atoms. The van der Waals surface area contributed by atoms with Crippen molar-refractivity contribution in [2.75, 3.05) is 26.3 Å². The van der Waals surface area contributed by atoms with Crippen LogP contribution in [0.3, 0.4) is 0 Å². The Balaban J connectivity index is 1.96. The highest BCUT2D eigenvalue weighted by atomic mass is 16.5. The van der Waals surface area contributed by atoms with Crippen molar-refractivity contribution in [3.63, 3.8) is 0 Å². The summed E-state index contributed by atoms with van der Waals surface area (Å²) in [5, 5.41) is 0. The monoisotopic (exact) mass is 198 g/mol. The molecule has 2 atom stereocenters. The fourth-order valence-corrected chi connectivity index (χ4v) is 2.73. The summed E-state index contributed by atoms with van der Waals surface area (Å²) in [6.45, 7) is 6.32. The Kier molecular flexibility index (Phi) is 3.10. The zero-order valence-corrected chi connectivity index (χ0v) is 9.17. The molecule has 2 saturated heterocycles. The maximum Gasteiger partial charge on any atom is 0.0651 e. The maximum atomic E-state index is 6.02. The van der Waals surface area contributed by atoms with Crippen molar-refractivity contribution in [3.05, 3.63) is 0 Å². The minimum Gasteiger partial charge on any atom is -0.379 e. The van der Waals surface area contributed by atoms with Gasteiger partial charge in [0.2, 0.25) is 0 Å². The van der Waals surface area contributed by atoms with Crippen LogP contribution in [0.25, 0.3) is 0 Å². The molecule has 0 aliphatic carbocycles. The standard InChI is InChI=1S/C11H22N2O/c1-2-10(12)8-13-6-3-4-11(13)5-7-14-9-11/h10H,2-9,12H2,1H3. The van der Waals surface area contributed by atoms with Crippen LogP contribution in [0.4, 0.5) is 0 Å². The van der Waals surface area contributed by atoms with Gasteiger partial charge in [0.25, 0.3) is 0 Å². The number of nitrogens with two attached hydrogens (primary N) is 1. The van der Waals surface area contributed by atoms with Gasteiger partial charge < -0.3 is 10.5 Å². The van der Waals surface area contributed by atoms with Crippen LogP contribution < -0.4 is 5.73 Å². The molecule has 3 nitrogen and oxygen atoms in total. The summed E-state index contributed by atoms with van der Waals surface area (Å²) in [6, 6.07) is 0.338. The normalized spacial score (nSPS) is 35.6. The van der Waals surface area contributed by atoms with Gasteiger partial charge in [-0.2, -0.15) is 0 Å². The van der Waals surface area contributed by atoms with Crippen molar-refractivity contribution in [2.45, 2.75) is 44.2 Å². The molecule has 2 unspecified atom stereocenters. The van der Waals surface area contributed by atoms with Crippen LogP contribution in [0.15, 0.2) is 0 Å². The second kappa shape index (κ2) is 4.17. The molecule has 0 bridgehead atoms. The predicted molar refractivity (Wildman–Crippen MR) is 57.2 cm³/mol. The summed E-state index contributed by atoms with van der Waals surface area (Å²) < 4.78 is 5.55. The van der Waals surface area contributed by atoms with E-state index in [4.69, 9.17) is 10.5 Å². The molecule has 0 saturated carbocycles. The van der Waals surface area contributed by atoms with E-state index >= 15 is 0 Å². The summed E-state index contributed by atoms with van der Waals surface area (Å²) in [6.07, 6.45) is 4.92. The highest BCUT2D eigenvalue weighted by molar-refractivity contribution is 4.99. The minimum absolute atomic E-state index is 0.338. The average Bonchev–Trinajstić information content (AvgIpc) is 2.79. The zero-order valence-electron chi connectivity index (χ0n) is 9.17. The molecule has 0 aromatic heterocycles. The van der Waals surface area contributed by atoms with Gasteiger partial charge >= 0.3 is 0 Å². The topological polar surface area (TPSA) is 38.5 Å². The van der Waals surface area contributed by atoms with Crippen molar-refractivity contribution >= 4 is 0 Å². The second-order valence-corrected chi connectivity index (χ2v) is 4.74. The smallest absolute Gasteiger partial charge is 0.0651 e. The molecule has 0 amide bonds. The van der Waals surface area contributed by atoms with Gasteiger partial charge in [-0.1, -0.05) is 6.92 Å². The minimum atomic E-state index is 0.338. The molecule has 2 aliphatic rings. The van der Waals surface area contributed by atoms with Crippen molar-refractivity contribution in [1.29, 1.82) is 0 Å². The molecule has 82 valence electrons. The van der Waals surface area contributed by atoms with E-state index in [1.165, 1.54) is 25.8 Å². The molecule has 0 aromatic rings. The van der Waals surface area contributed by atoms with E-state index in [0.717, 1.165) is 26.2 Å². The van der Waals surface area contributed by atoms with Crippen molar-refractivity contribution in [2.24, 2.45) is 5.73 Å².